The van der Waals surface area contributed by atoms with Gasteiger partial charge in [0.1, 0.15) is 11.3 Å². The average Bonchev–Trinajstić information content (AvgIpc) is 2.44. The van der Waals surface area contributed by atoms with E-state index >= 15 is 0 Å². The quantitative estimate of drug-likeness (QED) is 0.685. The second-order valence-corrected chi connectivity index (χ2v) is 5.85. The molecule has 1 aromatic carbocycles. The number of hydrogen-bond donors (Lipinski definition) is 2. The molecule has 0 aliphatic rings. The molecule has 0 saturated heterocycles. The molecule has 0 aromatic heterocycles. The van der Waals surface area contributed by atoms with Crippen molar-refractivity contribution in [2.45, 2.75) is 52.0 Å². The molecule has 0 spiro atoms. The fourth-order valence-electron chi connectivity index (χ4n) is 2.24. The van der Waals surface area contributed by atoms with Crippen molar-refractivity contribution < 1.29 is 14.6 Å². The maximum Gasteiger partial charge on any atom is 0.323 e. The van der Waals surface area contributed by atoms with Gasteiger partial charge in [-0.3, -0.25) is 4.79 Å². The molecule has 0 saturated carbocycles. The van der Waals surface area contributed by atoms with Crippen LogP contribution in [0.3, 0.4) is 0 Å². The van der Waals surface area contributed by atoms with Crippen molar-refractivity contribution in [3.8, 4) is 5.75 Å². The number of carboxylic acids is 1. The fraction of sp³-hybridized carbons (Fsp3) is 0.588. The summed E-state index contributed by atoms with van der Waals surface area (Å²) in [5.41, 5.74) is 0.369. The van der Waals surface area contributed by atoms with E-state index in [0.29, 0.717) is 31.9 Å². The van der Waals surface area contributed by atoms with E-state index in [4.69, 9.17) is 4.74 Å². The number of aliphatic carboxylic acids is 1. The Hall–Kier alpha value is -1.55. The Labute approximate surface area is 127 Å². The van der Waals surface area contributed by atoms with Gasteiger partial charge in [0.2, 0.25) is 0 Å². The summed E-state index contributed by atoms with van der Waals surface area (Å²) in [5.74, 6) is 0.505. The van der Waals surface area contributed by atoms with Crippen molar-refractivity contribution in [3.63, 3.8) is 0 Å². The minimum absolute atomic E-state index is 0.470. The lowest BCUT2D eigenvalue weighted by molar-refractivity contribution is -0.144. The first-order chi connectivity index (χ1) is 9.89. The molecule has 0 heterocycles. The summed E-state index contributed by atoms with van der Waals surface area (Å²) in [4.78, 5) is 11.3. The van der Waals surface area contributed by atoms with Gasteiger partial charge in [-0.05, 0) is 49.9 Å². The van der Waals surface area contributed by atoms with Crippen LogP contribution in [-0.4, -0.2) is 29.8 Å². The summed E-state index contributed by atoms with van der Waals surface area (Å²) in [6, 6.07) is 8.06. The molecule has 2 N–H and O–H groups in total. The first-order valence-corrected chi connectivity index (χ1v) is 7.60. The number of likely N-dealkylation sites (N-methyl/N-ethyl adjacent to an activating group) is 1. The van der Waals surface area contributed by atoms with E-state index in [1.807, 2.05) is 25.1 Å². The van der Waals surface area contributed by atoms with E-state index in [-0.39, 0.29) is 0 Å². The van der Waals surface area contributed by atoms with E-state index in [9.17, 15) is 9.90 Å². The summed E-state index contributed by atoms with van der Waals surface area (Å²) in [7, 11) is 0. The van der Waals surface area contributed by atoms with Gasteiger partial charge in [-0.1, -0.05) is 32.9 Å². The number of rotatable bonds is 9. The van der Waals surface area contributed by atoms with Crippen LogP contribution in [0.15, 0.2) is 24.3 Å². The fourth-order valence-corrected chi connectivity index (χ4v) is 2.24. The van der Waals surface area contributed by atoms with Gasteiger partial charge in [0, 0.05) is 0 Å². The van der Waals surface area contributed by atoms with Crippen LogP contribution in [0.2, 0.25) is 0 Å². The topological polar surface area (TPSA) is 58.6 Å². The van der Waals surface area contributed by atoms with Crippen molar-refractivity contribution in [1.29, 1.82) is 0 Å². The van der Waals surface area contributed by atoms with Gasteiger partial charge in [-0.25, -0.2) is 0 Å². The molecule has 1 unspecified atom stereocenters. The first kappa shape index (κ1) is 17.5. The molecule has 0 aliphatic heterocycles. The maximum atomic E-state index is 11.3. The van der Waals surface area contributed by atoms with E-state index < -0.39 is 11.5 Å². The number of carbonyl (C=O) groups is 1. The summed E-state index contributed by atoms with van der Waals surface area (Å²) in [6.45, 7) is 9.09. The second kappa shape index (κ2) is 8.03. The Morgan fingerprint density at radius 3 is 2.71 bits per heavy atom. The summed E-state index contributed by atoms with van der Waals surface area (Å²) in [6.07, 6.45) is 1.24. The lowest BCUT2D eigenvalue weighted by Crippen LogP contribution is -2.49. The normalized spacial score (nSPS) is 14.0. The van der Waals surface area contributed by atoms with Crippen LogP contribution in [0.1, 0.15) is 52.0 Å². The zero-order chi connectivity index (χ0) is 15.9. The van der Waals surface area contributed by atoms with Crippen molar-refractivity contribution in [3.05, 3.63) is 29.8 Å². The second-order valence-electron chi connectivity index (χ2n) is 5.85. The van der Waals surface area contributed by atoms with Gasteiger partial charge < -0.3 is 15.2 Å². The lowest BCUT2D eigenvalue weighted by atomic mass is 9.96. The van der Waals surface area contributed by atoms with Crippen LogP contribution in [0.4, 0.5) is 0 Å². The predicted octanol–water partition coefficient (Wildman–Crippen LogP) is 3.42. The van der Waals surface area contributed by atoms with Crippen molar-refractivity contribution in [2.75, 3.05) is 13.2 Å². The van der Waals surface area contributed by atoms with Gasteiger partial charge in [-0.2, -0.15) is 0 Å². The third-order valence-electron chi connectivity index (χ3n) is 3.65. The van der Waals surface area contributed by atoms with Gasteiger partial charge in [0.25, 0.3) is 0 Å². The van der Waals surface area contributed by atoms with E-state index in [2.05, 4.69) is 25.2 Å². The van der Waals surface area contributed by atoms with Gasteiger partial charge in [-0.15, -0.1) is 0 Å². The van der Waals surface area contributed by atoms with Crippen LogP contribution in [-0.2, 0) is 4.79 Å². The Morgan fingerprint density at radius 2 is 2.14 bits per heavy atom. The molecule has 21 heavy (non-hydrogen) atoms. The molecular weight excluding hydrogens is 266 g/mol. The van der Waals surface area contributed by atoms with Crippen LogP contribution >= 0.6 is 0 Å². The molecule has 1 atom stereocenters. The molecule has 0 fully saturated rings. The van der Waals surface area contributed by atoms with Crippen LogP contribution in [0, 0.1) is 0 Å². The number of benzene rings is 1. The molecule has 0 aliphatic carbocycles. The van der Waals surface area contributed by atoms with Crippen molar-refractivity contribution in [1.82, 2.24) is 5.32 Å². The Bertz CT molecular complexity index is 459. The summed E-state index contributed by atoms with van der Waals surface area (Å²) >= 11 is 0. The molecule has 4 heteroatoms. The first-order valence-electron chi connectivity index (χ1n) is 7.60. The van der Waals surface area contributed by atoms with Crippen LogP contribution in [0.5, 0.6) is 5.75 Å². The third-order valence-corrected chi connectivity index (χ3v) is 3.65. The maximum absolute atomic E-state index is 11.3. The number of nitrogens with one attached hydrogen (secondary N) is 1. The highest BCUT2D eigenvalue weighted by atomic mass is 16.5. The predicted molar refractivity (Wildman–Crippen MR) is 85.0 cm³/mol. The largest absolute Gasteiger partial charge is 0.494 e. The lowest BCUT2D eigenvalue weighted by Gasteiger charge is -2.25. The average molecular weight is 293 g/mol. The van der Waals surface area contributed by atoms with Crippen molar-refractivity contribution >= 4 is 5.97 Å². The highest BCUT2D eigenvalue weighted by Gasteiger charge is 2.31. The molecule has 1 rings (SSSR count). The summed E-state index contributed by atoms with van der Waals surface area (Å²) < 4.78 is 5.73. The number of carboxylic acid groups (broad SMARTS) is 1. The van der Waals surface area contributed by atoms with E-state index in [1.165, 1.54) is 5.56 Å². The zero-order valence-corrected chi connectivity index (χ0v) is 13.5. The molecule has 118 valence electrons. The highest BCUT2D eigenvalue weighted by molar-refractivity contribution is 5.78. The Balaban J connectivity index is 2.46. The van der Waals surface area contributed by atoms with Crippen LogP contribution in [0.25, 0.3) is 0 Å². The summed E-state index contributed by atoms with van der Waals surface area (Å²) in [5, 5.41) is 12.3. The standard InChI is InChI=1S/C17H27NO3/c1-5-18-17(4,16(19)20)10-7-11-21-15-9-6-8-14(12-15)13(2)3/h6,8-9,12-13,18H,5,7,10-11H2,1-4H3,(H,19,20). The number of ether oxygens (including phenoxy) is 1. The SMILES string of the molecule is CCNC(C)(CCCOc1cccc(C(C)C)c1)C(=O)O. The van der Waals surface area contributed by atoms with E-state index in [0.717, 1.165) is 5.75 Å². The minimum atomic E-state index is -0.877. The third kappa shape index (κ3) is 5.38. The molecule has 0 radical (unpaired) electrons. The van der Waals surface area contributed by atoms with Crippen LogP contribution < -0.4 is 10.1 Å². The Kier molecular flexibility index (Phi) is 6.69. The highest BCUT2D eigenvalue weighted by Crippen LogP contribution is 2.21. The molecule has 0 amide bonds. The number of hydrogen-bond acceptors (Lipinski definition) is 3. The smallest absolute Gasteiger partial charge is 0.323 e. The zero-order valence-electron chi connectivity index (χ0n) is 13.5. The van der Waals surface area contributed by atoms with Gasteiger partial charge in [0.15, 0.2) is 0 Å². The van der Waals surface area contributed by atoms with Gasteiger partial charge in [0.05, 0.1) is 6.61 Å². The molecule has 4 nitrogen and oxygen atoms in total. The minimum Gasteiger partial charge on any atom is -0.494 e. The molecule has 0 bridgehead atoms. The van der Waals surface area contributed by atoms with E-state index in [1.54, 1.807) is 6.92 Å². The van der Waals surface area contributed by atoms with Crippen molar-refractivity contribution in [2.24, 2.45) is 0 Å². The monoisotopic (exact) mass is 293 g/mol. The Morgan fingerprint density at radius 1 is 1.43 bits per heavy atom. The molecule has 1 aromatic rings. The van der Waals surface area contributed by atoms with Gasteiger partial charge >= 0.3 is 5.97 Å². The molecular formula is C17H27NO3.